The Bertz CT molecular complexity index is 1550. The molecule has 0 N–H and O–H groups in total. The molecule has 0 unspecified atom stereocenters. The van der Waals surface area contributed by atoms with Gasteiger partial charge in [0, 0.05) is 32.7 Å². The third kappa shape index (κ3) is 4.27. The molecule has 1 amide bonds. The van der Waals surface area contributed by atoms with E-state index >= 15 is 0 Å². The Kier molecular flexibility index (Phi) is 6.34. The van der Waals surface area contributed by atoms with Crippen LogP contribution in [0.4, 0.5) is 10.1 Å². The zero-order chi connectivity index (χ0) is 25.4. The summed E-state index contributed by atoms with van der Waals surface area (Å²) < 4.78 is 18.2. The number of aromatic nitrogens is 4. The van der Waals surface area contributed by atoms with Crippen LogP contribution >= 0.6 is 0 Å². The number of benzene rings is 2. The number of carbonyl (C=O) groups excluding carboxylic acids is 1. The van der Waals surface area contributed by atoms with Gasteiger partial charge in [0.25, 0.3) is 5.56 Å². The van der Waals surface area contributed by atoms with Crippen molar-refractivity contribution in [2.45, 2.75) is 33.4 Å². The molecule has 1 fully saturated rings. The molecule has 9 nitrogen and oxygen atoms in total. The van der Waals surface area contributed by atoms with Gasteiger partial charge in [0.2, 0.25) is 11.7 Å². The van der Waals surface area contributed by atoms with Crippen LogP contribution in [0.1, 0.15) is 20.3 Å². The molecule has 3 heterocycles. The molecule has 0 radical (unpaired) electrons. The quantitative estimate of drug-likeness (QED) is 0.413. The van der Waals surface area contributed by atoms with E-state index in [0.717, 1.165) is 11.1 Å². The van der Waals surface area contributed by atoms with Crippen molar-refractivity contribution in [3.05, 3.63) is 75.2 Å². The minimum absolute atomic E-state index is 0.202. The van der Waals surface area contributed by atoms with Gasteiger partial charge in [-0.05, 0) is 36.6 Å². The molecule has 2 aromatic carbocycles. The first-order chi connectivity index (χ1) is 17.3. The summed E-state index contributed by atoms with van der Waals surface area (Å²) in [6.07, 6.45) is 0.750. The highest BCUT2D eigenvalue weighted by Gasteiger charge is 2.25. The Morgan fingerprint density at radius 1 is 1.00 bits per heavy atom. The van der Waals surface area contributed by atoms with Crippen LogP contribution in [-0.4, -0.2) is 55.7 Å². The van der Waals surface area contributed by atoms with Gasteiger partial charge in [0.05, 0.1) is 16.6 Å². The standard InChI is InChI=1S/C26H29FN6O3/c1-18(2)11-12-31-24(35)19-7-3-5-9-21(19)33-25(31)28-32(26(33)36)17-23(34)30-15-13-29(14-16-30)22-10-6-4-8-20(22)27/h3-10,18H,11-17H2,1-2H3. The van der Waals surface area contributed by atoms with Gasteiger partial charge in [-0.2, -0.15) is 0 Å². The summed E-state index contributed by atoms with van der Waals surface area (Å²) in [6, 6.07) is 13.5. The summed E-state index contributed by atoms with van der Waals surface area (Å²) in [5.41, 5.74) is 0.331. The van der Waals surface area contributed by atoms with Crippen molar-refractivity contribution >= 4 is 28.3 Å². The fraction of sp³-hybridized carbons (Fsp3) is 0.385. The van der Waals surface area contributed by atoms with E-state index < -0.39 is 5.69 Å². The Morgan fingerprint density at radius 2 is 1.69 bits per heavy atom. The Balaban J connectivity index is 1.42. The van der Waals surface area contributed by atoms with E-state index in [4.69, 9.17) is 0 Å². The second kappa shape index (κ2) is 9.60. The van der Waals surface area contributed by atoms with Gasteiger partial charge in [-0.25, -0.2) is 18.3 Å². The monoisotopic (exact) mass is 492 g/mol. The third-order valence-corrected chi connectivity index (χ3v) is 6.72. The maximum Gasteiger partial charge on any atom is 0.352 e. The van der Waals surface area contributed by atoms with E-state index in [1.807, 2.05) is 4.90 Å². The van der Waals surface area contributed by atoms with E-state index in [9.17, 15) is 18.8 Å². The molecule has 0 atom stereocenters. The predicted octanol–water partition coefficient (Wildman–Crippen LogP) is 2.34. The van der Waals surface area contributed by atoms with E-state index in [1.165, 1.54) is 15.0 Å². The van der Waals surface area contributed by atoms with Gasteiger partial charge in [0.15, 0.2) is 0 Å². The number of hydrogen-bond acceptors (Lipinski definition) is 5. The normalized spacial score (nSPS) is 14.3. The number of rotatable bonds is 6. The van der Waals surface area contributed by atoms with Crippen LogP contribution in [0.3, 0.4) is 0 Å². The number of carbonyl (C=O) groups is 1. The lowest BCUT2D eigenvalue weighted by atomic mass is 10.1. The number of nitrogens with zero attached hydrogens (tertiary/aromatic N) is 6. The zero-order valence-electron chi connectivity index (χ0n) is 20.4. The molecule has 1 aliphatic heterocycles. The second-order valence-corrected chi connectivity index (χ2v) is 9.55. The van der Waals surface area contributed by atoms with Crippen molar-refractivity contribution in [3.63, 3.8) is 0 Å². The molecule has 0 spiro atoms. The van der Waals surface area contributed by atoms with Gasteiger partial charge >= 0.3 is 5.69 Å². The summed E-state index contributed by atoms with van der Waals surface area (Å²) >= 11 is 0. The molecule has 0 bridgehead atoms. The summed E-state index contributed by atoms with van der Waals surface area (Å²) in [5.74, 6) is 0.0710. The number of halogens is 1. The fourth-order valence-corrected chi connectivity index (χ4v) is 4.69. The smallest absolute Gasteiger partial charge is 0.352 e. The molecule has 5 rings (SSSR count). The van der Waals surface area contributed by atoms with Gasteiger partial charge in [-0.3, -0.25) is 14.2 Å². The Hall–Kier alpha value is -3.95. The van der Waals surface area contributed by atoms with Gasteiger partial charge in [-0.1, -0.05) is 38.1 Å². The van der Waals surface area contributed by atoms with Crippen LogP contribution in [0.2, 0.25) is 0 Å². The van der Waals surface area contributed by atoms with Gasteiger partial charge < -0.3 is 9.80 Å². The zero-order valence-corrected chi connectivity index (χ0v) is 20.4. The minimum atomic E-state index is -0.460. The number of aryl methyl sites for hydroxylation is 1. The van der Waals surface area contributed by atoms with Gasteiger partial charge in [-0.15, -0.1) is 5.10 Å². The van der Waals surface area contributed by atoms with Crippen molar-refractivity contribution < 1.29 is 9.18 Å². The highest BCUT2D eigenvalue weighted by Crippen LogP contribution is 2.20. The van der Waals surface area contributed by atoms with E-state index in [-0.39, 0.29) is 29.6 Å². The van der Waals surface area contributed by atoms with Crippen molar-refractivity contribution in [2.24, 2.45) is 5.92 Å². The molecule has 10 heteroatoms. The van der Waals surface area contributed by atoms with Crippen LogP contribution in [0, 0.1) is 11.7 Å². The Morgan fingerprint density at radius 3 is 2.42 bits per heavy atom. The summed E-state index contributed by atoms with van der Waals surface area (Å²) in [5, 5.41) is 4.87. The van der Waals surface area contributed by atoms with Crippen molar-refractivity contribution in [1.29, 1.82) is 0 Å². The summed E-state index contributed by atoms with van der Waals surface area (Å²) in [4.78, 5) is 43.2. The first-order valence-corrected chi connectivity index (χ1v) is 12.2. The third-order valence-electron chi connectivity index (χ3n) is 6.72. The molecule has 1 aliphatic rings. The van der Waals surface area contributed by atoms with Crippen LogP contribution in [-0.2, 0) is 17.9 Å². The lowest BCUT2D eigenvalue weighted by molar-refractivity contribution is -0.132. The molecule has 4 aromatic rings. The summed E-state index contributed by atoms with van der Waals surface area (Å²) in [6.45, 7) is 6.14. The second-order valence-electron chi connectivity index (χ2n) is 9.55. The lowest BCUT2D eigenvalue weighted by Gasteiger charge is -2.36. The number of anilines is 1. The van der Waals surface area contributed by atoms with Crippen LogP contribution in [0.25, 0.3) is 16.7 Å². The number of piperazine rings is 1. The SMILES string of the molecule is CC(C)CCn1c(=O)c2ccccc2n2c(=O)n(CC(=O)N3CCN(c4ccccc4F)CC3)nc12. The Labute approximate surface area is 207 Å². The summed E-state index contributed by atoms with van der Waals surface area (Å²) in [7, 11) is 0. The molecular formula is C26H29FN6O3. The maximum atomic E-state index is 14.1. The highest BCUT2D eigenvalue weighted by atomic mass is 19.1. The molecule has 188 valence electrons. The molecule has 2 aromatic heterocycles. The maximum absolute atomic E-state index is 14.1. The molecule has 0 aliphatic carbocycles. The molecular weight excluding hydrogens is 463 g/mol. The van der Waals surface area contributed by atoms with Gasteiger partial charge in [0.1, 0.15) is 12.4 Å². The molecule has 1 saturated heterocycles. The van der Waals surface area contributed by atoms with Crippen LogP contribution in [0.15, 0.2) is 58.1 Å². The largest absolute Gasteiger partial charge is 0.366 e. The van der Waals surface area contributed by atoms with Crippen molar-refractivity contribution in [3.8, 4) is 0 Å². The first-order valence-electron chi connectivity index (χ1n) is 12.2. The molecule has 36 heavy (non-hydrogen) atoms. The first kappa shape index (κ1) is 23.8. The number of hydrogen-bond donors (Lipinski definition) is 0. The number of para-hydroxylation sites is 2. The van der Waals surface area contributed by atoms with Crippen LogP contribution in [0.5, 0.6) is 0 Å². The number of amides is 1. The fourth-order valence-electron chi connectivity index (χ4n) is 4.69. The minimum Gasteiger partial charge on any atom is -0.366 e. The average Bonchev–Trinajstić information content (AvgIpc) is 3.19. The van der Waals surface area contributed by atoms with Crippen molar-refractivity contribution in [1.82, 2.24) is 23.6 Å². The highest BCUT2D eigenvalue weighted by molar-refractivity contribution is 5.80. The average molecular weight is 493 g/mol. The van der Waals surface area contributed by atoms with Crippen molar-refractivity contribution in [2.75, 3.05) is 31.1 Å². The van der Waals surface area contributed by atoms with Crippen LogP contribution < -0.4 is 16.1 Å². The number of fused-ring (bicyclic) bond motifs is 3. The van der Waals surface area contributed by atoms with E-state index in [0.29, 0.717) is 55.2 Å². The lowest BCUT2D eigenvalue weighted by Crippen LogP contribution is -2.50. The predicted molar refractivity (Wildman–Crippen MR) is 136 cm³/mol. The van der Waals surface area contributed by atoms with E-state index in [1.54, 1.807) is 47.4 Å². The molecule has 0 saturated carbocycles. The topological polar surface area (TPSA) is 84.8 Å². The van der Waals surface area contributed by atoms with E-state index in [2.05, 4.69) is 18.9 Å².